The van der Waals surface area contributed by atoms with Crippen LogP contribution in [0.5, 0.6) is 5.75 Å². The van der Waals surface area contributed by atoms with Crippen molar-refractivity contribution >= 4 is 6.08 Å². The fourth-order valence-corrected chi connectivity index (χ4v) is 2.28. The van der Waals surface area contributed by atoms with Gasteiger partial charge >= 0.3 is 0 Å². The van der Waals surface area contributed by atoms with Crippen molar-refractivity contribution in [1.29, 1.82) is 0 Å². The number of rotatable bonds is 8. The summed E-state index contributed by atoms with van der Waals surface area (Å²) >= 11 is 0. The topological polar surface area (TPSA) is 40.5 Å². The van der Waals surface area contributed by atoms with E-state index >= 15 is 0 Å². The van der Waals surface area contributed by atoms with Crippen molar-refractivity contribution in [3.8, 4) is 5.75 Å². The van der Waals surface area contributed by atoms with Crippen molar-refractivity contribution in [2.24, 2.45) is 0 Å². The highest BCUT2D eigenvalue weighted by Gasteiger charge is 2.09. The van der Waals surface area contributed by atoms with Crippen molar-refractivity contribution in [2.75, 3.05) is 0 Å². The molecule has 0 radical (unpaired) electrons. The van der Waals surface area contributed by atoms with Crippen molar-refractivity contribution in [2.45, 2.75) is 59.5 Å². The Morgan fingerprint density at radius 1 is 1.19 bits per heavy atom. The maximum atomic E-state index is 9.92. The molecule has 0 aliphatic heterocycles. The Balaban J connectivity index is 3.00. The van der Waals surface area contributed by atoms with Crippen LogP contribution >= 0.6 is 0 Å². The summed E-state index contributed by atoms with van der Waals surface area (Å²) in [6, 6.07) is 3.62. The summed E-state index contributed by atoms with van der Waals surface area (Å²) < 4.78 is 0. The van der Waals surface area contributed by atoms with E-state index in [1.807, 2.05) is 6.07 Å². The molecule has 0 amide bonds. The second kappa shape index (κ2) is 9.41. The monoisotopic (exact) mass is 288 g/mol. The lowest BCUT2D eigenvalue weighted by Crippen LogP contribution is -1.96. The number of hydrogen-bond donors (Lipinski definition) is 2. The molecule has 0 aliphatic carbocycles. The molecule has 2 N–H and O–H groups in total. The third-order valence-corrected chi connectivity index (χ3v) is 3.57. The first-order valence-electron chi connectivity index (χ1n) is 7.84. The normalized spacial score (nSPS) is 11.0. The van der Waals surface area contributed by atoms with E-state index in [1.165, 1.54) is 24.8 Å². The number of aliphatic hydroxyl groups excluding tert-OH is 1. The van der Waals surface area contributed by atoms with Gasteiger partial charge in [-0.15, -0.1) is 0 Å². The highest BCUT2D eigenvalue weighted by Crippen LogP contribution is 2.27. The standard InChI is InChI=1S/C19H28O2/c1-4-5-6-7-8-9-17-16(11-10-15(2)3)12-13-19(21)18(17)14-20/h8-10,12-13,20-21H,4-7,11,14H2,1-3H3/b9-8+. The second-order valence-corrected chi connectivity index (χ2v) is 5.68. The quantitative estimate of drug-likeness (QED) is 0.523. The van der Waals surface area contributed by atoms with Gasteiger partial charge in [-0.3, -0.25) is 0 Å². The maximum absolute atomic E-state index is 9.92. The van der Waals surface area contributed by atoms with Crippen molar-refractivity contribution in [3.63, 3.8) is 0 Å². The molecule has 0 atom stereocenters. The van der Waals surface area contributed by atoms with E-state index in [2.05, 4.69) is 39.0 Å². The molecule has 0 fully saturated rings. The summed E-state index contributed by atoms with van der Waals surface area (Å²) in [6.07, 6.45) is 11.9. The number of phenols is 1. The molecule has 0 spiro atoms. The van der Waals surface area contributed by atoms with Crippen LogP contribution in [0.3, 0.4) is 0 Å². The molecule has 2 nitrogen and oxygen atoms in total. The summed E-state index contributed by atoms with van der Waals surface area (Å²) in [4.78, 5) is 0. The highest BCUT2D eigenvalue weighted by molar-refractivity contribution is 5.62. The Labute approximate surface area is 128 Å². The lowest BCUT2D eigenvalue weighted by Gasteiger charge is -2.11. The fraction of sp³-hybridized carbons (Fsp3) is 0.474. The van der Waals surface area contributed by atoms with Gasteiger partial charge in [0, 0.05) is 5.56 Å². The minimum absolute atomic E-state index is 0.136. The molecule has 2 heteroatoms. The zero-order chi connectivity index (χ0) is 15.7. The zero-order valence-corrected chi connectivity index (χ0v) is 13.5. The van der Waals surface area contributed by atoms with Gasteiger partial charge in [-0.2, -0.15) is 0 Å². The highest BCUT2D eigenvalue weighted by atomic mass is 16.3. The molecule has 1 rings (SSSR count). The van der Waals surface area contributed by atoms with E-state index in [0.717, 1.165) is 24.0 Å². The first-order valence-corrected chi connectivity index (χ1v) is 7.84. The fourth-order valence-electron chi connectivity index (χ4n) is 2.28. The van der Waals surface area contributed by atoms with Gasteiger partial charge < -0.3 is 10.2 Å². The van der Waals surface area contributed by atoms with E-state index in [9.17, 15) is 10.2 Å². The zero-order valence-electron chi connectivity index (χ0n) is 13.5. The van der Waals surface area contributed by atoms with E-state index < -0.39 is 0 Å². The van der Waals surface area contributed by atoms with Gasteiger partial charge in [0.1, 0.15) is 5.75 Å². The second-order valence-electron chi connectivity index (χ2n) is 5.68. The summed E-state index contributed by atoms with van der Waals surface area (Å²) in [5, 5.41) is 19.5. The van der Waals surface area contributed by atoms with Crippen LogP contribution in [0, 0.1) is 0 Å². The van der Waals surface area contributed by atoms with E-state index in [4.69, 9.17) is 0 Å². The number of benzene rings is 1. The molecule has 0 aromatic heterocycles. The van der Waals surface area contributed by atoms with Gasteiger partial charge in [-0.1, -0.05) is 49.6 Å². The van der Waals surface area contributed by atoms with Crippen LogP contribution in [0.25, 0.3) is 6.08 Å². The number of aromatic hydroxyl groups is 1. The predicted octanol–water partition coefficient (Wildman–Crippen LogP) is 4.99. The first kappa shape index (κ1) is 17.5. The molecule has 1 aromatic carbocycles. The van der Waals surface area contributed by atoms with Crippen molar-refractivity contribution < 1.29 is 10.2 Å². The van der Waals surface area contributed by atoms with Crippen LogP contribution in [0.4, 0.5) is 0 Å². The average Bonchev–Trinajstić information content (AvgIpc) is 2.46. The summed E-state index contributed by atoms with van der Waals surface area (Å²) in [5.74, 6) is 0.173. The predicted molar refractivity (Wildman–Crippen MR) is 90.3 cm³/mol. The summed E-state index contributed by atoms with van der Waals surface area (Å²) in [6.45, 7) is 6.21. The molecule has 21 heavy (non-hydrogen) atoms. The molecule has 0 saturated carbocycles. The van der Waals surface area contributed by atoms with Gasteiger partial charge in [0.25, 0.3) is 0 Å². The number of hydrogen-bond acceptors (Lipinski definition) is 2. The molecule has 0 aliphatic rings. The molecule has 1 aromatic rings. The smallest absolute Gasteiger partial charge is 0.121 e. The number of allylic oxidation sites excluding steroid dienone is 3. The van der Waals surface area contributed by atoms with Crippen molar-refractivity contribution in [1.82, 2.24) is 0 Å². The van der Waals surface area contributed by atoms with Crippen LogP contribution in [-0.4, -0.2) is 10.2 Å². The Bertz CT molecular complexity index is 495. The van der Waals surface area contributed by atoms with Gasteiger partial charge in [-0.05, 0) is 50.3 Å². The van der Waals surface area contributed by atoms with Gasteiger partial charge in [0.15, 0.2) is 0 Å². The molecule has 0 unspecified atom stereocenters. The lowest BCUT2D eigenvalue weighted by atomic mass is 9.96. The molecule has 0 bridgehead atoms. The number of unbranched alkanes of at least 4 members (excludes halogenated alkanes) is 3. The molecular weight excluding hydrogens is 260 g/mol. The molecule has 116 valence electrons. The van der Waals surface area contributed by atoms with Crippen molar-refractivity contribution in [3.05, 3.63) is 46.5 Å². The minimum atomic E-state index is -0.136. The SMILES string of the molecule is CCCCC/C=C/c1c(CC=C(C)C)ccc(O)c1CO. The number of aliphatic hydroxyl groups is 1. The maximum Gasteiger partial charge on any atom is 0.121 e. The van der Waals surface area contributed by atoms with Gasteiger partial charge in [0.05, 0.1) is 6.61 Å². The summed E-state index contributed by atoms with van der Waals surface area (Å²) in [5.41, 5.74) is 4.00. The third-order valence-electron chi connectivity index (χ3n) is 3.57. The average molecular weight is 288 g/mol. The minimum Gasteiger partial charge on any atom is -0.508 e. The Kier molecular flexibility index (Phi) is 7.84. The van der Waals surface area contributed by atoms with E-state index in [0.29, 0.717) is 5.56 Å². The first-order chi connectivity index (χ1) is 10.1. The Morgan fingerprint density at radius 2 is 1.95 bits per heavy atom. The van der Waals surface area contributed by atoms with Crippen LogP contribution in [0.2, 0.25) is 0 Å². The largest absolute Gasteiger partial charge is 0.508 e. The van der Waals surface area contributed by atoms with Crippen LogP contribution in [0.15, 0.2) is 29.9 Å². The van der Waals surface area contributed by atoms with Crippen LogP contribution in [0.1, 0.15) is 63.1 Å². The van der Waals surface area contributed by atoms with Crippen LogP contribution in [-0.2, 0) is 13.0 Å². The molecular formula is C19H28O2. The Morgan fingerprint density at radius 3 is 2.57 bits per heavy atom. The lowest BCUT2D eigenvalue weighted by molar-refractivity contribution is 0.275. The molecule has 0 heterocycles. The Hall–Kier alpha value is -1.54. The summed E-state index contributed by atoms with van der Waals surface area (Å²) in [7, 11) is 0. The van der Waals surface area contributed by atoms with Gasteiger partial charge in [0.2, 0.25) is 0 Å². The van der Waals surface area contributed by atoms with E-state index in [1.54, 1.807) is 6.07 Å². The molecule has 0 saturated heterocycles. The van der Waals surface area contributed by atoms with Gasteiger partial charge in [-0.25, -0.2) is 0 Å². The van der Waals surface area contributed by atoms with E-state index in [-0.39, 0.29) is 12.4 Å². The van der Waals surface area contributed by atoms with Crippen LogP contribution < -0.4 is 0 Å². The third kappa shape index (κ3) is 5.76.